The molecule has 0 radical (unpaired) electrons. The second-order valence-corrected chi connectivity index (χ2v) is 5.76. The van der Waals surface area contributed by atoms with Crippen LogP contribution in [0.1, 0.15) is 40.5 Å². The van der Waals surface area contributed by atoms with E-state index in [9.17, 15) is 4.79 Å². The Kier molecular flexibility index (Phi) is 4.27. The van der Waals surface area contributed by atoms with Crippen LogP contribution in [-0.4, -0.2) is 16.1 Å². The number of nitrogens with one attached hydrogen (secondary N) is 1. The van der Waals surface area contributed by atoms with Crippen LogP contribution in [0.25, 0.3) is 0 Å². The van der Waals surface area contributed by atoms with E-state index in [1.807, 2.05) is 17.5 Å². The molecule has 2 aromatic rings. The molecule has 0 saturated carbocycles. The van der Waals surface area contributed by atoms with Crippen molar-refractivity contribution in [3.05, 3.63) is 27.4 Å². The number of nitrogen functional groups attached to an aromatic ring is 1. The Morgan fingerprint density at radius 1 is 1.56 bits per heavy atom. The predicted molar refractivity (Wildman–Crippen MR) is 73.8 cm³/mol. The Balaban J connectivity index is 2.07. The largest absolute Gasteiger partial charge is 0.374 e. The van der Waals surface area contributed by atoms with Crippen molar-refractivity contribution in [2.24, 2.45) is 0 Å². The van der Waals surface area contributed by atoms with Gasteiger partial charge in [-0.2, -0.15) is 0 Å². The van der Waals surface area contributed by atoms with Gasteiger partial charge in [0, 0.05) is 4.88 Å². The van der Waals surface area contributed by atoms with Crippen LogP contribution < -0.4 is 11.1 Å². The van der Waals surface area contributed by atoms with Gasteiger partial charge in [0.1, 0.15) is 0 Å². The van der Waals surface area contributed by atoms with Crippen LogP contribution in [0.15, 0.2) is 17.5 Å². The van der Waals surface area contributed by atoms with Gasteiger partial charge in [0.25, 0.3) is 5.91 Å². The average molecular weight is 282 g/mol. The molecule has 0 spiro atoms. The van der Waals surface area contributed by atoms with Crippen LogP contribution in [0.2, 0.25) is 0 Å². The molecule has 0 aromatic carbocycles. The molecular weight excluding hydrogens is 268 g/mol. The van der Waals surface area contributed by atoms with Crippen molar-refractivity contribution in [2.45, 2.75) is 25.8 Å². The molecule has 1 unspecified atom stereocenters. The molecule has 18 heavy (non-hydrogen) atoms. The van der Waals surface area contributed by atoms with Crippen molar-refractivity contribution >= 4 is 33.7 Å². The van der Waals surface area contributed by atoms with Gasteiger partial charge in [0.15, 0.2) is 0 Å². The Labute approximate surface area is 113 Å². The van der Waals surface area contributed by atoms with Crippen molar-refractivity contribution in [3.63, 3.8) is 0 Å². The lowest BCUT2D eigenvalue weighted by Gasteiger charge is -2.15. The van der Waals surface area contributed by atoms with Crippen LogP contribution in [0.5, 0.6) is 0 Å². The zero-order valence-electron chi connectivity index (χ0n) is 9.92. The van der Waals surface area contributed by atoms with Gasteiger partial charge >= 0.3 is 0 Å². The molecule has 2 heterocycles. The number of amides is 1. The zero-order chi connectivity index (χ0) is 13.0. The Morgan fingerprint density at radius 2 is 2.39 bits per heavy atom. The topological polar surface area (TPSA) is 80.9 Å². The van der Waals surface area contributed by atoms with Gasteiger partial charge < -0.3 is 11.1 Å². The molecule has 1 atom stereocenters. The molecule has 0 saturated heterocycles. The molecular formula is C11H14N4OS2. The minimum atomic E-state index is -0.212. The summed E-state index contributed by atoms with van der Waals surface area (Å²) in [5.74, 6) is -0.212. The highest BCUT2D eigenvalue weighted by molar-refractivity contribution is 7.16. The third-order valence-corrected chi connectivity index (χ3v) is 4.14. The monoisotopic (exact) mass is 282 g/mol. The first-order valence-electron chi connectivity index (χ1n) is 5.64. The second-order valence-electron chi connectivity index (χ2n) is 3.78. The maximum Gasteiger partial charge on any atom is 0.282 e. The summed E-state index contributed by atoms with van der Waals surface area (Å²) >= 11 is 2.74. The first-order valence-corrected chi connectivity index (χ1v) is 7.33. The molecule has 0 aliphatic rings. The third kappa shape index (κ3) is 3.05. The van der Waals surface area contributed by atoms with E-state index in [-0.39, 0.29) is 11.9 Å². The summed E-state index contributed by atoms with van der Waals surface area (Å²) in [5.41, 5.74) is 5.47. The van der Waals surface area contributed by atoms with Crippen molar-refractivity contribution in [1.29, 1.82) is 0 Å². The van der Waals surface area contributed by atoms with E-state index in [2.05, 4.69) is 22.4 Å². The highest BCUT2D eigenvalue weighted by Gasteiger charge is 2.18. The molecule has 2 aromatic heterocycles. The number of rotatable bonds is 5. The minimum absolute atomic E-state index is 0.0348. The molecule has 0 aliphatic heterocycles. The molecule has 0 bridgehead atoms. The molecule has 96 valence electrons. The number of anilines is 1. The van der Waals surface area contributed by atoms with Gasteiger partial charge in [-0.25, -0.2) is 0 Å². The first-order chi connectivity index (χ1) is 8.70. The maximum atomic E-state index is 12.0. The standard InChI is InChI=1S/C11H14N4OS2/c1-2-4-7(8-5-3-6-17-8)13-9(16)10-14-15-11(12)18-10/h3,5-7H,2,4H2,1H3,(H2,12,15)(H,13,16). The molecule has 0 aliphatic carbocycles. The lowest BCUT2D eigenvalue weighted by Crippen LogP contribution is -2.27. The van der Waals surface area contributed by atoms with E-state index in [1.165, 1.54) is 0 Å². The molecule has 2 rings (SSSR count). The highest BCUT2D eigenvalue weighted by atomic mass is 32.1. The van der Waals surface area contributed by atoms with Crippen LogP contribution >= 0.6 is 22.7 Å². The Morgan fingerprint density at radius 3 is 2.94 bits per heavy atom. The van der Waals surface area contributed by atoms with Crippen molar-refractivity contribution < 1.29 is 4.79 Å². The molecule has 3 N–H and O–H groups in total. The fraction of sp³-hybridized carbons (Fsp3) is 0.364. The SMILES string of the molecule is CCCC(NC(=O)c1nnc(N)s1)c1cccs1. The van der Waals surface area contributed by atoms with E-state index >= 15 is 0 Å². The lowest BCUT2D eigenvalue weighted by atomic mass is 10.1. The number of nitrogens with zero attached hydrogens (tertiary/aromatic N) is 2. The summed E-state index contributed by atoms with van der Waals surface area (Å²) < 4.78 is 0. The number of hydrogen-bond donors (Lipinski definition) is 2. The van der Waals surface area contributed by atoms with Gasteiger partial charge in [0.05, 0.1) is 6.04 Å². The van der Waals surface area contributed by atoms with Crippen molar-refractivity contribution in [3.8, 4) is 0 Å². The van der Waals surface area contributed by atoms with Gasteiger partial charge in [-0.05, 0) is 17.9 Å². The molecule has 1 amide bonds. The van der Waals surface area contributed by atoms with Crippen LogP contribution in [-0.2, 0) is 0 Å². The summed E-state index contributed by atoms with van der Waals surface area (Å²) in [4.78, 5) is 13.1. The number of aromatic nitrogens is 2. The van der Waals surface area contributed by atoms with Gasteiger partial charge in [0.2, 0.25) is 10.1 Å². The van der Waals surface area contributed by atoms with Gasteiger partial charge in [-0.3, -0.25) is 4.79 Å². The van der Waals surface area contributed by atoms with E-state index in [0.29, 0.717) is 10.1 Å². The Hall–Kier alpha value is -1.47. The fourth-order valence-corrected chi connectivity index (χ4v) is 2.94. The van der Waals surface area contributed by atoms with E-state index in [1.54, 1.807) is 11.3 Å². The van der Waals surface area contributed by atoms with Crippen LogP contribution in [0.3, 0.4) is 0 Å². The van der Waals surface area contributed by atoms with E-state index in [4.69, 9.17) is 5.73 Å². The van der Waals surface area contributed by atoms with E-state index in [0.717, 1.165) is 29.1 Å². The summed E-state index contributed by atoms with van der Waals surface area (Å²) in [6.45, 7) is 2.09. The molecule has 5 nitrogen and oxygen atoms in total. The normalized spacial score (nSPS) is 12.3. The summed E-state index contributed by atoms with van der Waals surface area (Å²) in [6.07, 6.45) is 1.90. The third-order valence-electron chi connectivity index (χ3n) is 2.40. The van der Waals surface area contributed by atoms with Crippen LogP contribution in [0, 0.1) is 0 Å². The summed E-state index contributed by atoms with van der Waals surface area (Å²) in [6, 6.07) is 4.05. The minimum Gasteiger partial charge on any atom is -0.374 e. The lowest BCUT2D eigenvalue weighted by molar-refractivity contribution is 0.0934. The number of nitrogens with two attached hydrogens (primary N) is 1. The maximum absolute atomic E-state index is 12.0. The first kappa shape index (κ1) is 13.0. The molecule has 7 heteroatoms. The number of hydrogen-bond acceptors (Lipinski definition) is 6. The smallest absolute Gasteiger partial charge is 0.282 e. The second kappa shape index (κ2) is 5.92. The fourth-order valence-electron chi connectivity index (χ4n) is 1.61. The van der Waals surface area contributed by atoms with Gasteiger partial charge in [-0.15, -0.1) is 21.5 Å². The quantitative estimate of drug-likeness (QED) is 0.882. The number of carbonyl (C=O) groups is 1. The average Bonchev–Trinajstić information content (AvgIpc) is 2.98. The van der Waals surface area contributed by atoms with Crippen molar-refractivity contribution in [2.75, 3.05) is 5.73 Å². The highest BCUT2D eigenvalue weighted by Crippen LogP contribution is 2.24. The van der Waals surface area contributed by atoms with Crippen LogP contribution in [0.4, 0.5) is 5.13 Å². The van der Waals surface area contributed by atoms with Crippen molar-refractivity contribution in [1.82, 2.24) is 15.5 Å². The predicted octanol–water partition coefficient (Wildman–Crippen LogP) is 2.45. The summed E-state index contributed by atoms with van der Waals surface area (Å²) in [7, 11) is 0. The Bertz CT molecular complexity index is 509. The zero-order valence-corrected chi connectivity index (χ0v) is 11.6. The molecule has 0 fully saturated rings. The number of carbonyl (C=O) groups excluding carboxylic acids is 1. The summed E-state index contributed by atoms with van der Waals surface area (Å²) in [5, 5.41) is 13.0. The van der Waals surface area contributed by atoms with E-state index < -0.39 is 0 Å². The van der Waals surface area contributed by atoms with Gasteiger partial charge in [-0.1, -0.05) is 30.7 Å². The number of thiophene rings is 1.